The first-order valence-corrected chi connectivity index (χ1v) is 5.22. The van der Waals surface area contributed by atoms with E-state index < -0.39 is 0 Å². The third-order valence-corrected chi connectivity index (χ3v) is 2.47. The van der Waals surface area contributed by atoms with Crippen LogP contribution in [-0.2, 0) is 0 Å². The summed E-state index contributed by atoms with van der Waals surface area (Å²) in [5.74, 6) is 1.76. The maximum atomic E-state index is 5.84. The van der Waals surface area contributed by atoms with Crippen molar-refractivity contribution in [3.05, 3.63) is 18.2 Å². The molecular weight excluding hydrogens is 190 g/mol. The third-order valence-electron chi connectivity index (χ3n) is 2.47. The number of hydrogen-bond donors (Lipinski definition) is 0. The molecule has 0 spiro atoms. The number of anilines is 1. The van der Waals surface area contributed by atoms with Gasteiger partial charge in [0.1, 0.15) is 11.5 Å². The van der Waals surface area contributed by atoms with Crippen LogP contribution < -0.4 is 14.4 Å². The minimum Gasteiger partial charge on any atom is -0.497 e. The van der Waals surface area contributed by atoms with Crippen molar-refractivity contribution in [2.24, 2.45) is 0 Å². The van der Waals surface area contributed by atoms with E-state index in [-0.39, 0.29) is 0 Å². The van der Waals surface area contributed by atoms with Crippen LogP contribution in [0, 0.1) is 0 Å². The van der Waals surface area contributed by atoms with E-state index in [1.807, 2.05) is 32.3 Å². The van der Waals surface area contributed by atoms with E-state index in [1.165, 1.54) is 12.8 Å². The van der Waals surface area contributed by atoms with Crippen LogP contribution in [0.3, 0.4) is 0 Å². The standard InChI is InChI=1S/C12H17NO2/c1-13(2)11-7-6-10(14-3)8-12(11)15-9-4-5-9/h6-9H,4-5H2,1-3H3. The molecule has 1 aromatic carbocycles. The van der Waals surface area contributed by atoms with Crippen LogP contribution in [0.15, 0.2) is 18.2 Å². The van der Waals surface area contributed by atoms with Crippen molar-refractivity contribution >= 4 is 5.69 Å². The Morgan fingerprint density at radius 3 is 2.53 bits per heavy atom. The summed E-state index contributed by atoms with van der Waals surface area (Å²) in [7, 11) is 5.70. The lowest BCUT2D eigenvalue weighted by Gasteiger charge is -2.18. The van der Waals surface area contributed by atoms with Crippen LogP contribution in [0.5, 0.6) is 11.5 Å². The monoisotopic (exact) mass is 207 g/mol. The summed E-state index contributed by atoms with van der Waals surface area (Å²) in [5.41, 5.74) is 1.10. The second-order valence-electron chi connectivity index (χ2n) is 4.05. The summed E-state index contributed by atoms with van der Waals surface area (Å²) in [6, 6.07) is 5.93. The summed E-state index contributed by atoms with van der Waals surface area (Å²) in [6.07, 6.45) is 2.75. The van der Waals surface area contributed by atoms with Crippen molar-refractivity contribution in [2.45, 2.75) is 18.9 Å². The molecule has 0 atom stereocenters. The van der Waals surface area contributed by atoms with Gasteiger partial charge in [-0.3, -0.25) is 0 Å². The lowest BCUT2D eigenvalue weighted by atomic mass is 10.2. The van der Waals surface area contributed by atoms with Crippen LogP contribution in [-0.4, -0.2) is 27.3 Å². The van der Waals surface area contributed by atoms with E-state index in [0.717, 1.165) is 17.2 Å². The lowest BCUT2D eigenvalue weighted by molar-refractivity contribution is 0.301. The maximum absolute atomic E-state index is 5.84. The fourth-order valence-electron chi connectivity index (χ4n) is 1.45. The van der Waals surface area contributed by atoms with Gasteiger partial charge in [0, 0.05) is 20.2 Å². The molecule has 0 aromatic heterocycles. The molecule has 2 rings (SSSR count). The second-order valence-corrected chi connectivity index (χ2v) is 4.05. The van der Waals surface area contributed by atoms with Gasteiger partial charge in [-0.05, 0) is 25.0 Å². The van der Waals surface area contributed by atoms with Gasteiger partial charge in [-0.25, -0.2) is 0 Å². The van der Waals surface area contributed by atoms with E-state index in [4.69, 9.17) is 9.47 Å². The van der Waals surface area contributed by atoms with Crippen LogP contribution in [0.2, 0.25) is 0 Å². The van der Waals surface area contributed by atoms with Gasteiger partial charge < -0.3 is 14.4 Å². The molecule has 1 aliphatic rings. The molecular formula is C12H17NO2. The first-order chi connectivity index (χ1) is 7.20. The zero-order chi connectivity index (χ0) is 10.8. The number of nitrogens with zero attached hydrogens (tertiary/aromatic N) is 1. The van der Waals surface area contributed by atoms with E-state index in [9.17, 15) is 0 Å². The first-order valence-electron chi connectivity index (χ1n) is 5.22. The second kappa shape index (κ2) is 4.01. The Labute approximate surface area is 90.6 Å². The molecule has 0 amide bonds. The van der Waals surface area contributed by atoms with Gasteiger partial charge in [0.05, 0.1) is 18.9 Å². The molecule has 0 bridgehead atoms. The van der Waals surface area contributed by atoms with Crippen LogP contribution in [0.1, 0.15) is 12.8 Å². The SMILES string of the molecule is COc1ccc(N(C)C)c(OC2CC2)c1. The van der Waals surface area contributed by atoms with Crippen molar-refractivity contribution in [1.29, 1.82) is 0 Å². The highest BCUT2D eigenvalue weighted by atomic mass is 16.5. The van der Waals surface area contributed by atoms with Crippen LogP contribution in [0.4, 0.5) is 5.69 Å². The zero-order valence-corrected chi connectivity index (χ0v) is 9.49. The molecule has 15 heavy (non-hydrogen) atoms. The molecule has 1 aromatic rings. The average Bonchev–Trinajstić information content (AvgIpc) is 3.01. The molecule has 3 heteroatoms. The van der Waals surface area contributed by atoms with Crippen LogP contribution >= 0.6 is 0 Å². The van der Waals surface area contributed by atoms with E-state index in [0.29, 0.717) is 6.10 Å². The van der Waals surface area contributed by atoms with Crippen molar-refractivity contribution in [2.75, 3.05) is 26.1 Å². The molecule has 3 nitrogen and oxygen atoms in total. The van der Waals surface area contributed by atoms with Gasteiger partial charge in [0.25, 0.3) is 0 Å². The van der Waals surface area contributed by atoms with Gasteiger partial charge in [-0.15, -0.1) is 0 Å². The maximum Gasteiger partial charge on any atom is 0.146 e. The molecule has 1 fully saturated rings. The zero-order valence-electron chi connectivity index (χ0n) is 9.49. The fourth-order valence-corrected chi connectivity index (χ4v) is 1.45. The smallest absolute Gasteiger partial charge is 0.146 e. The third kappa shape index (κ3) is 2.35. The largest absolute Gasteiger partial charge is 0.497 e. The highest BCUT2D eigenvalue weighted by Gasteiger charge is 2.25. The number of benzene rings is 1. The van der Waals surface area contributed by atoms with Crippen molar-refractivity contribution in [3.63, 3.8) is 0 Å². The Hall–Kier alpha value is -1.38. The molecule has 82 valence electrons. The Balaban J connectivity index is 2.26. The highest BCUT2D eigenvalue weighted by molar-refractivity contribution is 5.60. The summed E-state index contributed by atoms with van der Waals surface area (Å²) in [4.78, 5) is 2.05. The molecule has 0 unspecified atom stereocenters. The van der Waals surface area contributed by atoms with Gasteiger partial charge in [0.2, 0.25) is 0 Å². The van der Waals surface area contributed by atoms with Crippen molar-refractivity contribution in [1.82, 2.24) is 0 Å². The van der Waals surface area contributed by atoms with Gasteiger partial charge >= 0.3 is 0 Å². The summed E-state index contributed by atoms with van der Waals surface area (Å²) in [5, 5.41) is 0. The average molecular weight is 207 g/mol. The predicted molar refractivity (Wildman–Crippen MR) is 61.0 cm³/mol. The van der Waals surface area contributed by atoms with Gasteiger partial charge in [-0.2, -0.15) is 0 Å². The van der Waals surface area contributed by atoms with Gasteiger partial charge in [-0.1, -0.05) is 0 Å². The quantitative estimate of drug-likeness (QED) is 0.756. The Morgan fingerprint density at radius 1 is 1.27 bits per heavy atom. The number of rotatable bonds is 4. The summed E-state index contributed by atoms with van der Waals surface area (Å²) >= 11 is 0. The van der Waals surface area contributed by atoms with Crippen molar-refractivity contribution < 1.29 is 9.47 Å². The lowest BCUT2D eigenvalue weighted by Crippen LogP contribution is -2.11. The van der Waals surface area contributed by atoms with Crippen molar-refractivity contribution in [3.8, 4) is 11.5 Å². The minimum absolute atomic E-state index is 0.413. The highest BCUT2D eigenvalue weighted by Crippen LogP contribution is 2.35. The predicted octanol–water partition coefficient (Wildman–Crippen LogP) is 2.30. The molecule has 0 radical (unpaired) electrons. The van der Waals surface area contributed by atoms with E-state index in [2.05, 4.69) is 4.90 Å². The Morgan fingerprint density at radius 2 is 2.00 bits per heavy atom. The number of methoxy groups -OCH3 is 1. The summed E-state index contributed by atoms with van der Waals surface area (Å²) in [6.45, 7) is 0. The molecule has 0 N–H and O–H groups in total. The van der Waals surface area contributed by atoms with E-state index in [1.54, 1.807) is 7.11 Å². The molecule has 1 saturated carbocycles. The number of ether oxygens (including phenoxy) is 2. The topological polar surface area (TPSA) is 21.7 Å². The van der Waals surface area contributed by atoms with E-state index >= 15 is 0 Å². The minimum atomic E-state index is 0.413. The normalized spacial score (nSPS) is 14.9. The molecule has 0 saturated heterocycles. The fraction of sp³-hybridized carbons (Fsp3) is 0.500. The molecule has 0 aliphatic heterocycles. The Kier molecular flexibility index (Phi) is 2.71. The summed E-state index contributed by atoms with van der Waals surface area (Å²) < 4.78 is 11.0. The number of hydrogen-bond acceptors (Lipinski definition) is 3. The molecule has 1 aliphatic carbocycles. The Bertz CT molecular complexity index is 345. The van der Waals surface area contributed by atoms with Crippen LogP contribution in [0.25, 0.3) is 0 Å². The molecule has 0 heterocycles. The first kappa shape index (κ1) is 10.1. The van der Waals surface area contributed by atoms with Gasteiger partial charge in [0.15, 0.2) is 0 Å².